The zero-order valence-electron chi connectivity index (χ0n) is 14.7. The summed E-state index contributed by atoms with van der Waals surface area (Å²) in [6, 6.07) is 15.1. The third-order valence-corrected chi connectivity index (χ3v) is 3.55. The molecule has 0 aliphatic heterocycles. The number of methoxy groups -OCH3 is 1. The molecular formula is C19H26ClN3O2. The quantitative estimate of drug-likeness (QED) is 0.596. The number of carbonyl (C=O) groups is 1. The van der Waals surface area contributed by atoms with Crippen LogP contribution in [-0.2, 0) is 0 Å². The summed E-state index contributed by atoms with van der Waals surface area (Å²) in [4.78, 5) is 12.4. The van der Waals surface area contributed by atoms with Gasteiger partial charge >= 0.3 is 0 Å². The highest BCUT2D eigenvalue weighted by Crippen LogP contribution is 2.22. The maximum atomic E-state index is 12.4. The molecule has 0 heterocycles. The number of hydrogen-bond donors (Lipinski definition) is 3. The van der Waals surface area contributed by atoms with Gasteiger partial charge in [0.1, 0.15) is 5.75 Å². The molecule has 0 fully saturated rings. The second kappa shape index (κ2) is 11.3. The fourth-order valence-electron chi connectivity index (χ4n) is 2.28. The first-order valence-corrected chi connectivity index (χ1v) is 8.23. The summed E-state index contributed by atoms with van der Waals surface area (Å²) in [6.45, 7) is 4.46. The lowest BCUT2D eigenvalue weighted by atomic mass is 10.1. The molecule has 0 saturated carbocycles. The van der Waals surface area contributed by atoms with Gasteiger partial charge in [0.25, 0.3) is 5.91 Å². The number of anilines is 2. The van der Waals surface area contributed by atoms with E-state index in [9.17, 15) is 4.79 Å². The van der Waals surface area contributed by atoms with Crippen molar-refractivity contribution in [2.45, 2.75) is 13.3 Å². The van der Waals surface area contributed by atoms with Gasteiger partial charge in [-0.05, 0) is 49.4 Å². The average molecular weight is 364 g/mol. The highest BCUT2D eigenvalue weighted by atomic mass is 35.5. The van der Waals surface area contributed by atoms with E-state index in [2.05, 4.69) is 22.9 Å². The number of halogens is 1. The lowest BCUT2D eigenvalue weighted by molar-refractivity contribution is 0.0955. The van der Waals surface area contributed by atoms with Crippen LogP contribution in [0, 0.1) is 0 Å². The zero-order chi connectivity index (χ0) is 17.2. The molecule has 1 amide bonds. The smallest absolute Gasteiger partial charge is 0.253 e. The van der Waals surface area contributed by atoms with Gasteiger partial charge in [-0.25, -0.2) is 0 Å². The fraction of sp³-hybridized carbons (Fsp3) is 0.316. The highest BCUT2D eigenvalue weighted by Gasteiger charge is 2.10. The molecule has 0 spiro atoms. The molecule has 0 bridgehead atoms. The van der Waals surface area contributed by atoms with Crippen molar-refractivity contribution in [1.29, 1.82) is 0 Å². The van der Waals surface area contributed by atoms with Crippen molar-refractivity contribution in [2.75, 3.05) is 32.1 Å². The first kappa shape index (κ1) is 20.8. The molecule has 3 N–H and O–H groups in total. The molecule has 0 radical (unpaired) electrons. The molecule has 136 valence electrons. The van der Waals surface area contributed by atoms with E-state index in [1.807, 2.05) is 48.5 Å². The number of hydrogen-bond acceptors (Lipinski definition) is 4. The van der Waals surface area contributed by atoms with Crippen molar-refractivity contribution < 1.29 is 9.53 Å². The third-order valence-electron chi connectivity index (χ3n) is 3.55. The van der Waals surface area contributed by atoms with Gasteiger partial charge < -0.3 is 20.7 Å². The topological polar surface area (TPSA) is 62.4 Å². The summed E-state index contributed by atoms with van der Waals surface area (Å²) in [7, 11) is 1.64. The minimum absolute atomic E-state index is 0. The molecule has 0 aliphatic carbocycles. The number of nitrogens with one attached hydrogen (secondary N) is 3. The molecule has 0 atom stereocenters. The molecule has 0 aromatic heterocycles. The Labute approximate surface area is 155 Å². The van der Waals surface area contributed by atoms with Crippen molar-refractivity contribution in [3.63, 3.8) is 0 Å². The summed E-state index contributed by atoms with van der Waals surface area (Å²) < 4.78 is 5.16. The van der Waals surface area contributed by atoms with Crippen LogP contribution in [0.3, 0.4) is 0 Å². The summed E-state index contributed by atoms with van der Waals surface area (Å²) in [5.74, 6) is 0.719. The number of amides is 1. The van der Waals surface area contributed by atoms with E-state index in [0.717, 1.165) is 36.6 Å². The molecule has 2 aromatic carbocycles. The first-order chi connectivity index (χ1) is 11.7. The predicted molar refractivity (Wildman–Crippen MR) is 105 cm³/mol. The van der Waals surface area contributed by atoms with E-state index in [1.54, 1.807) is 7.11 Å². The molecular weight excluding hydrogens is 338 g/mol. The summed E-state index contributed by atoms with van der Waals surface area (Å²) >= 11 is 0. The monoisotopic (exact) mass is 363 g/mol. The summed E-state index contributed by atoms with van der Waals surface area (Å²) in [5, 5.41) is 9.49. The van der Waals surface area contributed by atoms with Gasteiger partial charge in [0.2, 0.25) is 0 Å². The summed E-state index contributed by atoms with van der Waals surface area (Å²) in [5.41, 5.74) is 2.31. The minimum atomic E-state index is -0.0788. The van der Waals surface area contributed by atoms with Gasteiger partial charge in [0.15, 0.2) is 0 Å². The second-order valence-electron chi connectivity index (χ2n) is 5.40. The molecule has 6 heteroatoms. The Balaban J connectivity index is 0.00000312. The van der Waals surface area contributed by atoms with Crippen molar-refractivity contribution in [2.24, 2.45) is 0 Å². The van der Waals surface area contributed by atoms with Crippen molar-refractivity contribution in [3.8, 4) is 5.75 Å². The van der Waals surface area contributed by atoms with Crippen LogP contribution in [0.1, 0.15) is 23.7 Å². The molecule has 0 unspecified atom stereocenters. The van der Waals surface area contributed by atoms with Crippen LogP contribution in [0.5, 0.6) is 5.75 Å². The minimum Gasteiger partial charge on any atom is -0.497 e. The maximum Gasteiger partial charge on any atom is 0.253 e. The lowest BCUT2D eigenvalue weighted by Crippen LogP contribution is -2.32. The largest absolute Gasteiger partial charge is 0.497 e. The number of carbonyl (C=O) groups excluding carboxylic acids is 1. The Kier molecular flexibility index (Phi) is 9.43. The van der Waals surface area contributed by atoms with Gasteiger partial charge in [-0.2, -0.15) is 0 Å². The van der Waals surface area contributed by atoms with Crippen LogP contribution in [0.15, 0.2) is 48.5 Å². The van der Waals surface area contributed by atoms with Crippen LogP contribution in [-0.4, -0.2) is 32.7 Å². The normalized spacial score (nSPS) is 9.84. The third kappa shape index (κ3) is 6.64. The molecule has 25 heavy (non-hydrogen) atoms. The van der Waals surface area contributed by atoms with Crippen LogP contribution in [0.2, 0.25) is 0 Å². The summed E-state index contributed by atoms with van der Waals surface area (Å²) in [6.07, 6.45) is 1.09. The van der Waals surface area contributed by atoms with E-state index in [0.29, 0.717) is 12.1 Å². The number of benzene rings is 2. The average Bonchev–Trinajstić information content (AvgIpc) is 2.62. The van der Waals surface area contributed by atoms with E-state index in [1.165, 1.54) is 0 Å². The Bertz CT molecular complexity index is 647. The van der Waals surface area contributed by atoms with Crippen LogP contribution in [0.4, 0.5) is 11.4 Å². The van der Waals surface area contributed by atoms with Gasteiger partial charge in [0, 0.05) is 18.8 Å². The Morgan fingerprint density at radius 2 is 1.72 bits per heavy atom. The molecule has 0 aliphatic rings. The van der Waals surface area contributed by atoms with Gasteiger partial charge in [-0.3, -0.25) is 4.79 Å². The Morgan fingerprint density at radius 1 is 1.00 bits per heavy atom. The lowest BCUT2D eigenvalue weighted by Gasteiger charge is -2.13. The first-order valence-electron chi connectivity index (χ1n) is 8.23. The van der Waals surface area contributed by atoms with Gasteiger partial charge in [-0.15, -0.1) is 12.4 Å². The van der Waals surface area contributed by atoms with E-state index >= 15 is 0 Å². The number of rotatable bonds is 9. The van der Waals surface area contributed by atoms with Crippen LogP contribution >= 0.6 is 12.4 Å². The van der Waals surface area contributed by atoms with Crippen molar-refractivity contribution in [1.82, 2.24) is 10.6 Å². The molecule has 2 aromatic rings. The SMILES string of the molecule is CCCNCCNC(=O)c1ccccc1Nc1ccc(OC)cc1.Cl. The van der Waals surface area contributed by atoms with Crippen molar-refractivity contribution in [3.05, 3.63) is 54.1 Å². The Morgan fingerprint density at radius 3 is 2.40 bits per heavy atom. The maximum absolute atomic E-state index is 12.4. The molecule has 5 nitrogen and oxygen atoms in total. The highest BCUT2D eigenvalue weighted by molar-refractivity contribution is 6.00. The molecule has 0 saturated heterocycles. The fourth-order valence-corrected chi connectivity index (χ4v) is 2.28. The van der Waals surface area contributed by atoms with Crippen LogP contribution < -0.4 is 20.7 Å². The van der Waals surface area contributed by atoms with E-state index in [4.69, 9.17) is 4.74 Å². The Hall–Kier alpha value is -2.24. The molecule has 2 rings (SSSR count). The predicted octanol–water partition coefficient (Wildman–Crippen LogP) is 3.59. The van der Waals surface area contributed by atoms with Gasteiger partial charge in [-0.1, -0.05) is 19.1 Å². The number of ether oxygens (including phenoxy) is 1. The zero-order valence-corrected chi connectivity index (χ0v) is 15.5. The van der Waals surface area contributed by atoms with Crippen LogP contribution in [0.25, 0.3) is 0 Å². The van der Waals surface area contributed by atoms with E-state index in [-0.39, 0.29) is 18.3 Å². The van der Waals surface area contributed by atoms with E-state index < -0.39 is 0 Å². The van der Waals surface area contributed by atoms with Crippen molar-refractivity contribution >= 4 is 29.7 Å². The van der Waals surface area contributed by atoms with Gasteiger partial charge in [0.05, 0.1) is 18.4 Å². The second-order valence-corrected chi connectivity index (χ2v) is 5.40. The standard InChI is InChI=1S/C19H25N3O2.ClH/c1-3-12-20-13-14-21-19(23)17-6-4-5-7-18(17)22-15-8-10-16(24-2)11-9-15;/h4-11,20,22H,3,12-14H2,1-2H3,(H,21,23);1H. The number of para-hydroxylation sites is 1.